The fraction of sp³-hybridized carbons (Fsp3) is 0.571. The molecular formula is C21H31N5O. The lowest BCUT2D eigenvalue weighted by Crippen LogP contribution is -2.38. The highest BCUT2D eigenvalue weighted by Crippen LogP contribution is 2.28. The number of aryl methyl sites for hydroxylation is 2. The molecule has 1 saturated heterocycles. The van der Waals surface area contributed by atoms with Gasteiger partial charge in [0.25, 0.3) is 5.91 Å². The summed E-state index contributed by atoms with van der Waals surface area (Å²) in [4.78, 5) is 17.0. The largest absolute Gasteiger partial charge is 0.339 e. The molecule has 3 rings (SSSR count). The van der Waals surface area contributed by atoms with E-state index in [9.17, 15) is 4.79 Å². The molecule has 1 aliphatic heterocycles. The fourth-order valence-corrected chi connectivity index (χ4v) is 3.96. The minimum atomic E-state index is 0.149. The van der Waals surface area contributed by atoms with Gasteiger partial charge in [0.1, 0.15) is 11.6 Å². The molecule has 2 aromatic rings. The van der Waals surface area contributed by atoms with Gasteiger partial charge < -0.3 is 14.4 Å². The summed E-state index contributed by atoms with van der Waals surface area (Å²) in [5.74, 6) is 2.62. The van der Waals surface area contributed by atoms with Gasteiger partial charge in [-0.15, -0.1) is 10.2 Å². The Labute approximate surface area is 162 Å². The summed E-state index contributed by atoms with van der Waals surface area (Å²) in [5, 5.41) is 8.91. The highest BCUT2D eigenvalue weighted by Gasteiger charge is 2.28. The van der Waals surface area contributed by atoms with Gasteiger partial charge in [-0.2, -0.15) is 0 Å². The van der Waals surface area contributed by atoms with Crippen molar-refractivity contribution in [2.75, 3.05) is 27.2 Å². The predicted molar refractivity (Wildman–Crippen MR) is 107 cm³/mol. The second-order valence-corrected chi connectivity index (χ2v) is 7.84. The summed E-state index contributed by atoms with van der Waals surface area (Å²) in [6, 6.07) is 6.05. The smallest absolute Gasteiger partial charge is 0.254 e. The summed E-state index contributed by atoms with van der Waals surface area (Å²) in [6.45, 7) is 9.44. The lowest BCUT2D eigenvalue weighted by Gasteiger charge is -2.32. The molecule has 0 bridgehead atoms. The maximum absolute atomic E-state index is 12.9. The molecule has 1 fully saturated rings. The Morgan fingerprint density at radius 1 is 1.19 bits per heavy atom. The molecule has 0 saturated carbocycles. The van der Waals surface area contributed by atoms with Gasteiger partial charge in [-0.1, -0.05) is 17.7 Å². The van der Waals surface area contributed by atoms with E-state index in [-0.39, 0.29) is 5.91 Å². The zero-order valence-corrected chi connectivity index (χ0v) is 17.2. The van der Waals surface area contributed by atoms with Crippen LogP contribution in [-0.4, -0.2) is 57.7 Å². The number of carbonyl (C=O) groups excluding carboxylic acids is 1. The lowest BCUT2D eigenvalue weighted by atomic mass is 9.94. The molecule has 0 N–H and O–H groups in total. The number of carbonyl (C=O) groups is 1. The molecule has 1 aliphatic rings. The Balaban J connectivity index is 1.68. The zero-order chi connectivity index (χ0) is 19.6. The number of rotatable bonds is 5. The highest BCUT2D eigenvalue weighted by molar-refractivity contribution is 5.95. The number of nitrogens with zero attached hydrogens (tertiary/aromatic N) is 5. The second kappa shape index (κ2) is 8.21. The molecule has 2 heterocycles. The van der Waals surface area contributed by atoms with Crippen LogP contribution in [0.5, 0.6) is 0 Å². The van der Waals surface area contributed by atoms with Crippen LogP contribution < -0.4 is 0 Å². The van der Waals surface area contributed by atoms with Gasteiger partial charge in [0, 0.05) is 31.1 Å². The van der Waals surface area contributed by atoms with Crippen molar-refractivity contribution < 1.29 is 4.79 Å². The van der Waals surface area contributed by atoms with Crippen molar-refractivity contribution >= 4 is 5.91 Å². The molecular weight excluding hydrogens is 338 g/mol. The van der Waals surface area contributed by atoms with E-state index in [0.29, 0.717) is 5.92 Å². The standard InChI is InChI=1S/C21H31N5O/c1-6-26-19(14-24(4)5)22-23-20(26)17-9-11-25(12-10-17)21(27)18-8-7-15(2)13-16(18)3/h7-8,13,17H,6,9-12,14H2,1-5H3. The normalized spacial score (nSPS) is 15.6. The molecule has 6 heteroatoms. The number of hydrogen-bond donors (Lipinski definition) is 0. The topological polar surface area (TPSA) is 54.3 Å². The summed E-state index contributed by atoms with van der Waals surface area (Å²) in [5.41, 5.74) is 3.07. The Kier molecular flexibility index (Phi) is 5.95. The molecule has 1 amide bonds. The minimum absolute atomic E-state index is 0.149. The molecule has 0 spiro atoms. The van der Waals surface area contributed by atoms with Crippen LogP contribution in [0.3, 0.4) is 0 Å². The van der Waals surface area contributed by atoms with Gasteiger partial charge in [-0.25, -0.2) is 0 Å². The van der Waals surface area contributed by atoms with Crippen LogP contribution >= 0.6 is 0 Å². The van der Waals surface area contributed by atoms with Crippen LogP contribution in [0.25, 0.3) is 0 Å². The third-order valence-corrected chi connectivity index (χ3v) is 5.39. The van der Waals surface area contributed by atoms with Gasteiger partial charge in [0.05, 0.1) is 6.54 Å². The third kappa shape index (κ3) is 4.21. The molecule has 0 aliphatic carbocycles. The van der Waals surface area contributed by atoms with Crippen molar-refractivity contribution in [3.63, 3.8) is 0 Å². The zero-order valence-electron chi connectivity index (χ0n) is 17.2. The first kappa shape index (κ1) is 19.5. The first-order chi connectivity index (χ1) is 12.9. The van der Waals surface area contributed by atoms with Gasteiger partial charge in [-0.3, -0.25) is 4.79 Å². The maximum Gasteiger partial charge on any atom is 0.254 e. The Bertz CT molecular complexity index is 803. The van der Waals surface area contributed by atoms with Crippen molar-refractivity contribution in [3.05, 3.63) is 46.5 Å². The maximum atomic E-state index is 12.9. The van der Waals surface area contributed by atoms with E-state index in [4.69, 9.17) is 0 Å². The van der Waals surface area contributed by atoms with Crippen LogP contribution in [0.15, 0.2) is 18.2 Å². The summed E-state index contributed by atoms with van der Waals surface area (Å²) in [7, 11) is 4.09. The van der Waals surface area contributed by atoms with E-state index in [2.05, 4.69) is 39.6 Å². The molecule has 0 unspecified atom stereocenters. The van der Waals surface area contributed by atoms with Gasteiger partial charge >= 0.3 is 0 Å². The van der Waals surface area contributed by atoms with Crippen LogP contribution in [0.4, 0.5) is 0 Å². The Hall–Kier alpha value is -2.21. The predicted octanol–water partition coefficient (Wildman–Crippen LogP) is 3.00. The fourth-order valence-electron chi connectivity index (χ4n) is 3.96. The minimum Gasteiger partial charge on any atom is -0.339 e. The number of benzene rings is 1. The molecule has 146 valence electrons. The average molecular weight is 370 g/mol. The monoisotopic (exact) mass is 369 g/mol. The van der Waals surface area contributed by atoms with E-state index >= 15 is 0 Å². The molecule has 1 aromatic heterocycles. The van der Waals surface area contributed by atoms with E-state index in [0.717, 1.165) is 61.8 Å². The molecule has 6 nitrogen and oxygen atoms in total. The van der Waals surface area contributed by atoms with E-state index in [1.165, 1.54) is 5.56 Å². The number of piperidine rings is 1. The molecule has 0 radical (unpaired) electrons. The number of hydrogen-bond acceptors (Lipinski definition) is 4. The van der Waals surface area contributed by atoms with Crippen LogP contribution in [0, 0.1) is 13.8 Å². The molecule has 0 atom stereocenters. The van der Waals surface area contributed by atoms with Crippen LogP contribution in [0.2, 0.25) is 0 Å². The molecule has 27 heavy (non-hydrogen) atoms. The second-order valence-electron chi connectivity index (χ2n) is 7.84. The van der Waals surface area contributed by atoms with Gasteiger partial charge in [0.15, 0.2) is 0 Å². The number of likely N-dealkylation sites (tertiary alicyclic amines) is 1. The van der Waals surface area contributed by atoms with Crippen LogP contribution in [0.1, 0.15) is 58.8 Å². The van der Waals surface area contributed by atoms with Crippen molar-refractivity contribution in [1.29, 1.82) is 0 Å². The van der Waals surface area contributed by atoms with Gasteiger partial charge in [0.2, 0.25) is 0 Å². The quantitative estimate of drug-likeness (QED) is 0.813. The van der Waals surface area contributed by atoms with Crippen molar-refractivity contribution in [2.24, 2.45) is 0 Å². The van der Waals surface area contributed by atoms with E-state index in [1.54, 1.807) is 0 Å². The SMILES string of the molecule is CCn1c(CN(C)C)nnc1C1CCN(C(=O)c2ccc(C)cc2C)CC1. The number of amides is 1. The van der Waals surface area contributed by atoms with E-state index < -0.39 is 0 Å². The third-order valence-electron chi connectivity index (χ3n) is 5.39. The van der Waals surface area contributed by atoms with E-state index in [1.807, 2.05) is 38.1 Å². The number of aromatic nitrogens is 3. The summed E-state index contributed by atoms with van der Waals surface area (Å²) in [6.07, 6.45) is 1.88. The van der Waals surface area contributed by atoms with Crippen molar-refractivity contribution in [2.45, 2.75) is 52.6 Å². The first-order valence-electron chi connectivity index (χ1n) is 9.84. The van der Waals surface area contributed by atoms with Crippen molar-refractivity contribution in [1.82, 2.24) is 24.6 Å². The average Bonchev–Trinajstić information content (AvgIpc) is 3.03. The molecule has 1 aromatic carbocycles. The first-order valence-corrected chi connectivity index (χ1v) is 9.84. The lowest BCUT2D eigenvalue weighted by molar-refractivity contribution is 0.0709. The van der Waals surface area contributed by atoms with Gasteiger partial charge in [-0.05, 0) is 59.3 Å². The Morgan fingerprint density at radius 2 is 1.89 bits per heavy atom. The summed E-state index contributed by atoms with van der Waals surface area (Å²) < 4.78 is 2.24. The van der Waals surface area contributed by atoms with Crippen LogP contribution in [-0.2, 0) is 13.1 Å². The highest BCUT2D eigenvalue weighted by atomic mass is 16.2. The Morgan fingerprint density at radius 3 is 2.48 bits per heavy atom. The summed E-state index contributed by atoms with van der Waals surface area (Å²) >= 11 is 0. The van der Waals surface area contributed by atoms with Crippen molar-refractivity contribution in [3.8, 4) is 0 Å².